The molecular formula is C31H35FN8O2S. The second kappa shape index (κ2) is 11.9. The molecule has 3 aromatic heterocycles. The average Bonchev–Trinajstić information content (AvgIpc) is 3.74. The summed E-state index contributed by atoms with van der Waals surface area (Å²) in [6.45, 7) is 8.73. The topological polar surface area (TPSA) is 104 Å². The van der Waals surface area contributed by atoms with E-state index in [2.05, 4.69) is 46.4 Å². The molecule has 0 saturated carbocycles. The van der Waals surface area contributed by atoms with Gasteiger partial charge in [0.05, 0.1) is 24.0 Å². The Hall–Kier alpha value is -4.05. The van der Waals surface area contributed by atoms with Crippen molar-refractivity contribution >= 4 is 39.5 Å². The van der Waals surface area contributed by atoms with Crippen LogP contribution in [0.1, 0.15) is 29.5 Å². The maximum atomic E-state index is 13.5. The lowest BCUT2D eigenvalue weighted by Gasteiger charge is -2.36. The minimum atomic E-state index is -0.403. The highest BCUT2D eigenvalue weighted by atomic mass is 32.1. The number of aliphatic hydroxyl groups is 1. The molecule has 2 saturated heterocycles. The molecule has 0 aliphatic carbocycles. The number of nitrogens with zero attached hydrogens (tertiary/aromatic N) is 8. The number of likely N-dealkylation sites (tertiary alicyclic amines) is 1. The number of thiazole rings is 1. The lowest BCUT2D eigenvalue weighted by Crippen LogP contribution is -2.50. The summed E-state index contributed by atoms with van der Waals surface area (Å²) in [5.41, 5.74) is 5.17. The molecule has 0 radical (unpaired) electrons. The zero-order valence-electron chi connectivity index (χ0n) is 24.6. The van der Waals surface area contributed by atoms with Crippen molar-refractivity contribution in [3.05, 3.63) is 58.5 Å². The van der Waals surface area contributed by atoms with Crippen molar-refractivity contribution in [1.82, 2.24) is 24.2 Å². The third kappa shape index (κ3) is 5.68. The molecule has 6 rings (SSSR count). The highest BCUT2D eigenvalue weighted by Gasteiger charge is 2.28. The maximum absolute atomic E-state index is 13.5. The van der Waals surface area contributed by atoms with Gasteiger partial charge in [-0.25, -0.2) is 14.4 Å². The third-order valence-electron chi connectivity index (χ3n) is 8.32. The zero-order chi connectivity index (χ0) is 30.2. The first kappa shape index (κ1) is 29.0. The summed E-state index contributed by atoms with van der Waals surface area (Å²) in [5.74, 6) is 0.644. The fourth-order valence-corrected chi connectivity index (χ4v) is 6.79. The first-order chi connectivity index (χ1) is 20.7. The van der Waals surface area contributed by atoms with E-state index in [-0.39, 0.29) is 11.7 Å². The average molecular weight is 603 g/mol. The Morgan fingerprint density at radius 2 is 1.93 bits per heavy atom. The Kier molecular flexibility index (Phi) is 8.05. The van der Waals surface area contributed by atoms with Crippen LogP contribution in [-0.2, 0) is 11.2 Å². The SMILES string of the molecule is CCc1nc2c(C)cc(N3CCN(CC(=O)N4CC[C@@H](O)C4)CC3)cn2c1N(C)c1nc(-c2ccc(F)cc2)c(C#N)s1. The second-order valence-electron chi connectivity index (χ2n) is 11.2. The summed E-state index contributed by atoms with van der Waals surface area (Å²) < 4.78 is 15.7. The number of piperazine rings is 1. The van der Waals surface area contributed by atoms with Gasteiger partial charge in [-0.3, -0.25) is 14.1 Å². The number of fused-ring (bicyclic) bond motifs is 1. The fraction of sp³-hybridized carbons (Fsp3) is 0.419. The van der Waals surface area contributed by atoms with Crippen molar-refractivity contribution in [1.29, 1.82) is 5.26 Å². The van der Waals surface area contributed by atoms with E-state index in [1.165, 1.54) is 23.5 Å². The molecule has 1 amide bonds. The maximum Gasteiger partial charge on any atom is 0.236 e. The molecule has 1 N–H and O–H groups in total. The van der Waals surface area contributed by atoms with Crippen LogP contribution in [0.3, 0.4) is 0 Å². The van der Waals surface area contributed by atoms with Crippen LogP contribution in [-0.4, -0.2) is 94.1 Å². The van der Waals surface area contributed by atoms with Gasteiger partial charge < -0.3 is 19.8 Å². The van der Waals surface area contributed by atoms with Gasteiger partial charge in [-0.2, -0.15) is 5.26 Å². The van der Waals surface area contributed by atoms with Crippen LogP contribution in [0, 0.1) is 24.1 Å². The molecule has 43 heavy (non-hydrogen) atoms. The molecule has 1 aromatic carbocycles. The number of pyridine rings is 1. The highest BCUT2D eigenvalue weighted by molar-refractivity contribution is 7.16. The van der Waals surface area contributed by atoms with Crippen molar-refractivity contribution in [2.45, 2.75) is 32.8 Å². The molecular weight excluding hydrogens is 567 g/mol. The van der Waals surface area contributed by atoms with Crippen molar-refractivity contribution in [2.24, 2.45) is 0 Å². The zero-order valence-corrected chi connectivity index (χ0v) is 25.4. The van der Waals surface area contributed by atoms with Gasteiger partial charge in [0.1, 0.15) is 33.9 Å². The van der Waals surface area contributed by atoms with Crippen LogP contribution in [0.5, 0.6) is 0 Å². The first-order valence-electron chi connectivity index (χ1n) is 14.6. The summed E-state index contributed by atoms with van der Waals surface area (Å²) in [6, 6.07) is 10.5. The van der Waals surface area contributed by atoms with E-state index in [0.29, 0.717) is 47.3 Å². The number of carbonyl (C=O) groups excluding carboxylic acids is 1. The van der Waals surface area contributed by atoms with Crippen molar-refractivity contribution < 1.29 is 14.3 Å². The van der Waals surface area contributed by atoms with Gasteiger partial charge in [-0.15, -0.1) is 0 Å². The number of amides is 1. The van der Waals surface area contributed by atoms with E-state index in [1.807, 2.05) is 11.9 Å². The number of β-amino-alcohol motifs (C(OH)–C–C–N with tert-alkyl or cyclic N) is 1. The van der Waals surface area contributed by atoms with Crippen LogP contribution in [0.15, 0.2) is 36.5 Å². The molecule has 1 atom stereocenters. The number of rotatable bonds is 7. The first-order valence-corrected chi connectivity index (χ1v) is 15.4. The predicted octanol–water partition coefficient (Wildman–Crippen LogP) is 3.82. The monoisotopic (exact) mass is 602 g/mol. The highest BCUT2D eigenvalue weighted by Crippen LogP contribution is 2.37. The minimum absolute atomic E-state index is 0.0878. The van der Waals surface area contributed by atoms with Gasteiger partial charge in [-0.1, -0.05) is 18.3 Å². The van der Waals surface area contributed by atoms with Crippen LogP contribution < -0.4 is 9.80 Å². The van der Waals surface area contributed by atoms with Crippen molar-refractivity contribution in [3.8, 4) is 17.3 Å². The number of aromatic nitrogens is 3. The number of hydrogen-bond acceptors (Lipinski definition) is 9. The van der Waals surface area contributed by atoms with Gasteiger partial charge in [0.15, 0.2) is 5.13 Å². The van der Waals surface area contributed by atoms with Gasteiger partial charge in [0.2, 0.25) is 5.91 Å². The molecule has 2 aliphatic rings. The molecule has 10 nitrogen and oxygen atoms in total. The number of aryl methyl sites for hydroxylation is 2. The number of hydrogen-bond donors (Lipinski definition) is 1. The number of nitriles is 1. The Morgan fingerprint density at radius 3 is 2.58 bits per heavy atom. The van der Waals surface area contributed by atoms with Crippen LogP contribution in [0.2, 0.25) is 0 Å². The quantitative estimate of drug-likeness (QED) is 0.341. The van der Waals surface area contributed by atoms with E-state index < -0.39 is 6.10 Å². The lowest BCUT2D eigenvalue weighted by atomic mass is 10.1. The van der Waals surface area contributed by atoms with Gasteiger partial charge in [-0.05, 0) is 55.7 Å². The molecule has 5 heterocycles. The number of imidazole rings is 1. The number of halogens is 1. The lowest BCUT2D eigenvalue weighted by molar-refractivity contribution is -0.131. The normalized spacial score (nSPS) is 17.5. The van der Waals surface area contributed by atoms with Gasteiger partial charge in [0, 0.05) is 58.1 Å². The summed E-state index contributed by atoms with van der Waals surface area (Å²) in [6.07, 6.45) is 3.09. The van der Waals surface area contributed by atoms with E-state index in [1.54, 1.807) is 17.0 Å². The van der Waals surface area contributed by atoms with E-state index >= 15 is 0 Å². The molecule has 2 aliphatic heterocycles. The summed E-state index contributed by atoms with van der Waals surface area (Å²) >= 11 is 1.30. The van der Waals surface area contributed by atoms with E-state index in [0.717, 1.165) is 61.0 Å². The van der Waals surface area contributed by atoms with Crippen LogP contribution >= 0.6 is 11.3 Å². The predicted molar refractivity (Wildman–Crippen MR) is 165 cm³/mol. The Balaban J connectivity index is 1.25. The number of anilines is 3. The van der Waals surface area contributed by atoms with Gasteiger partial charge in [0.25, 0.3) is 0 Å². The summed E-state index contributed by atoms with van der Waals surface area (Å²) in [7, 11) is 1.94. The smallest absolute Gasteiger partial charge is 0.236 e. The number of aliphatic hydroxyl groups excluding tert-OH is 1. The molecule has 224 valence electrons. The van der Waals surface area contributed by atoms with Gasteiger partial charge >= 0.3 is 0 Å². The van der Waals surface area contributed by atoms with Crippen LogP contribution in [0.25, 0.3) is 16.9 Å². The fourth-order valence-electron chi connectivity index (χ4n) is 5.94. The third-order valence-corrected chi connectivity index (χ3v) is 9.36. The molecule has 0 bridgehead atoms. The molecule has 4 aromatic rings. The molecule has 0 unspecified atom stereocenters. The van der Waals surface area contributed by atoms with E-state index in [4.69, 9.17) is 9.97 Å². The van der Waals surface area contributed by atoms with Crippen molar-refractivity contribution in [2.75, 3.05) is 62.7 Å². The Bertz CT molecular complexity index is 1690. The molecule has 12 heteroatoms. The molecule has 0 spiro atoms. The molecule has 2 fully saturated rings. The second-order valence-corrected chi connectivity index (χ2v) is 12.2. The minimum Gasteiger partial charge on any atom is -0.391 e. The summed E-state index contributed by atoms with van der Waals surface area (Å²) in [4.78, 5) is 31.2. The summed E-state index contributed by atoms with van der Waals surface area (Å²) in [5, 5.41) is 20.3. The van der Waals surface area contributed by atoms with Crippen molar-refractivity contribution in [3.63, 3.8) is 0 Å². The Labute approximate surface area is 254 Å². The van der Waals surface area contributed by atoms with Crippen LogP contribution in [0.4, 0.5) is 21.0 Å². The van der Waals surface area contributed by atoms with E-state index in [9.17, 15) is 19.6 Å². The standard InChI is InChI=1S/C31H35FN8O2S/c1-4-25-30(36(3)31-35-28(26(16-33)43-31)21-5-7-22(32)8-6-21)40-17-23(15-20(2)29(40)34-25)38-13-11-37(12-14-38)19-27(42)39-10-9-24(41)18-39/h5-8,15,17,24,41H,4,9-14,18-19H2,1-3H3/t24-/m1/s1. The Morgan fingerprint density at radius 1 is 1.19 bits per heavy atom. The number of carbonyl (C=O) groups is 1. The largest absolute Gasteiger partial charge is 0.391 e. The number of benzene rings is 1.